The highest BCUT2D eigenvalue weighted by molar-refractivity contribution is 6.07. The Labute approximate surface area is 154 Å². The second kappa shape index (κ2) is 5.65. The highest BCUT2D eigenvalue weighted by atomic mass is 16.7. The van der Waals surface area contributed by atoms with E-state index in [1.165, 1.54) is 10.6 Å². The van der Waals surface area contributed by atoms with Gasteiger partial charge in [0.2, 0.25) is 0 Å². The number of amides is 1. The minimum absolute atomic E-state index is 0.0369. The number of ether oxygens (including phenoxy) is 1. The minimum atomic E-state index is -0.641. The van der Waals surface area contributed by atoms with Gasteiger partial charge >= 0.3 is 0 Å². The smallest absolute Gasteiger partial charge is 0.264 e. The molecule has 5 aliphatic rings. The Hall–Kier alpha value is -1.69. The van der Waals surface area contributed by atoms with Gasteiger partial charge < -0.3 is 4.74 Å². The molecule has 4 heterocycles. The number of fused-ring (bicyclic) bond motifs is 2. The summed E-state index contributed by atoms with van der Waals surface area (Å²) in [5.74, 6) is 1.03. The Bertz CT molecular complexity index is 791. The van der Waals surface area contributed by atoms with Gasteiger partial charge in [-0.05, 0) is 44.4 Å². The number of benzene rings is 1. The standard InChI is InChI=1S/C21H26N2O3/c1-4-13-11-22(2)18-10-21(19-9-14(13)15(18)12-26-19)16-7-5-6-8-17(16)23(25-3)20(21)24/h4-8,14-15,18-19H,9-12H2,1-3H3. The van der Waals surface area contributed by atoms with Gasteiger partial charge in [0.1, 0.15) is 5.41 Å². The number of nitrogens with zero attached hydrogens (tertiary/aromatic N) is 2. The monoisotopic (exact) mass is 354 g/mol. The van der Waals surface area contributed by atoms with Gasteiger partial charge in [-0.25, -0.2) is 0 Å². The molecule has 5 heteroatoms. The van der Waals surface area contributed by atoms with Gasteiger partial charge in [0.15, 0.2) is 0 Å². The zero-order chi connectivity index (χ0) is 18.1. The average Bonchev–Trinajstić information content (AvgIpc) is 2.77. The molecule has 0 aromatic heterocycles. The van der Waals surface area contributed by atoms with Gasteiger partial charge in [-0.3, -0.25) is 14.5 Å². The van der Waals surface area contributed by atoms with E-state index < -0.39 is 5.41 Å². The molecular formula is C21H26N2O3. The Kier molecular flexibility index (Phi) is 3.58. The predicted molar refractivity (Wildman–Crippen MR) is 98.7 cm³/mol. The van der Waals surface area contributed by atoms with Gasteiger partial charge in [0.05, 0.1) is 25.5 Å². The van der Waals surface area contributed by atoms with Gasteiger partial charge in [-0.1, -0.05) is 29.8 Å². The molecule has 5 atom stereocenters. The molecule has 0 radical (unpaired) electrons. The van der Waals surface area contributed by atoms with Crippen molar-refractivity contribution in [3.63, 3.8) is 0 Å². The number of hydrogen-bond acceptors (Lipinski definition) is 4. The molecule has 1 spiro atoms. The number of carbonyl (C=O) groups is 1. The molecule has 5 unspecified atom stereocenters. The summed E-state index contributed by atoms with van der Waals surface area (Å²) in [7, 11) is 3.77. The maximum atomic E-state index is 13.6. The van der Waals surface area contributed by atoms with Gasteiger partial charge in [0.25, 0.3) is 5.91 Å². The van der Waals surface area contributed by atoms with Crippen LogP contribution < -0.4 is 5.06 Å². The number of anilines is 1. The third kappa shape index (κ3) is 1.89. The van der Waals surface area contributed by atoms with Crippen molar-refractivity contribution in [2.75, 3.05) is 32.4 Å². The Balaban J connectivity index is 1.70. The van der Waals surface area contributed by atoms with E-state index in [1.807, 2.05) is 18.2 Å². The Morgan fingerprint density at radius 3 is 2.92 bits per heavy atom. The first-order chi connectivity index (χ1) is 12.6. The van der Waals surface area contributed by atoms with Crippen LogP contribution in [0, 0.1) is 11.8 Å². The summed E-state index contributed by atoms with van der Waals surface area (Å²) in [5.41, 5.74) is 2.80. The molecule has 1 aromatic rings. The van der Waals surface area contributed by atoms with E-state index in [0.29, 0.717) is 17.9 Å². The maximum absolute atomic E-state index is 13.6. The molecule has 1 amide bonds. The number of likely N-dealkylation sites (N-methyl/N-ethyl adjacent to an activating group) is 1. The number of allylic oxidation sites excluding steroid dienone is 1. The molecule has 1 aliphatic carbocycles. The van der Waals surface area contributed by atoms with E-state index in [4.69, 9.17) is 9.57 Å². The zero-order valence-corrected chi connectivity index (χ0v) is 15.6. The molecule has 1 saturated carbocycles. The molecule has 4 bridgehead atoms. The predicted octanol–water partition coefficient (Wildman–Crippen LogP) is 2.52. The quantitative estimate of drug-likeness (QED) is 0.727. The Morgan fingerprint density at radius 1 is 1.35 bits per heavy atom. The van der Waals surface area contributed by atoms with Crippen LogP contribution in [0.5, 0.6) is 0 Å². The second-order valence-corrected chi connectivity index (χ2v) is 8.15. The summed E-state index contributed by atoms with van der Waals surface area (Å²) < 4.78 is 6.38. The highest BCUT2D eigenvalue weighted by Crippen LogP contribution is 2.57. The zero-order valence-electron chi connectivity index (χ0n) is 15.6. The lowest BCUT2D eigenvalue weighted by atomic mass is 9.72. The maximum Gasteiger partial charge on any atom is 0.264 e. The fraction of sp³-hybridized carbons (Fsp3) is 0.571. The van der Waals surface area contributed by atoms with Crippen molar-refractivity contribution in [3.05, 3.63) is 41.5 Å². The van der Waals surface area contributed by atoms with E-state index in [0.717, 1.165) is 37.2 Å². The lowest BCUT2D eigenvalue weighted by Gasteiger charge is -2.46. The van der Waals surface area contributed by atoms with E-state index >= 15 is 0 Å². The first kappa shape index (κ1) is 16.5. The van der Waals surface area contributed by atoms with Crippen LogP contribution in [0.2, 0.25) is 0 Å². The first-order valence-electron chi connectivity index (χ1n) is 9.57. The van der Waals surface area contributed by atoms with Crippen molar-refractivity contribution in [1.82, 2.24) is 4.90 Å². The van der Waals surface area contributed by atoms with Gasteiger partial charge in [-0.15, -0.1) is 0 Å². The summed E-state index contributed by atoms with van der Waals surface area (Å²) in [6.45, 7) is 3.88. The van der Waals surface area contributed by atoms with Crippen molar-refractivity contribution < 1.29 is 14.4 Å². The van der Waals surface area contributed by atoms with E-state index in [2.05, 4.69) is 31.0 Å². The third-order valence-corrected chi connectivity index (χ3v) is 7.25. The SMILES string of the molecule is CC=C1CN(C)C2CC3(C(=O)N(OC)c4ccccc43)C3CC1C2CO3. The third-order valence-electron chi connectivity index (χ3n) is 7.25. The normalized spacial score (nSPS) is 40.3. The van der Waals surface area contributed by atoms with Crippen LogP contribution in [-0.4, -0.2) is 50.3 Å². The fourth-order valence-electron chi connectivity index (χ4n) is 6.01. The molecule has 0 N–H and O–H groups in total. The number of likely N-dealkylation sites (tertiary alicyclic amines) is 1. The molecule has 138 valence electrons. The summed E-state index contributed by atoms with van der Waals surface area (Å²) in [6, 6.07) is 8.42. The molecular weight excluding hydrogens is 328 g/mol. The highest BCUT2D eigenvalue weighted by Gasteiger charge is 2.63. The average molecular weight is 354 g/mol. The van der Waals surface area contributed by atoms with Crippen LogP contribution in [-0.2, 0) is 19.8 Å². The van der Waals surface area contributed by atoms with Crippen molar-refractivity contribution in [2.24, 2.45) is 11.8 Å². The lowest BCUT2D eigenvalue weighted by molar-refractivity contribution is -0.137. The van der Waals surface area contributed by atoms with Crippen LogP contribution in [0.25, 0.3) is 0 Å². The molecule has 6 rings (SSSR count). The fourth-order valence-corrected chi connectivity index (χ4v) is 6.01. The van der Waals surface area contributed by atoms with Crippen molar-refractivity contribution in [2.45, 2.75) is 37.3 Å². The van der Waals surface area contributed by atoms with Crippen LogP contribution in [0.15, 0.2) is 35.9 Å². The number of hydrogen-bond donors (Lipinski definition) is 0. The first-order valence-corrected chi connectivity index (χ1v) is 9.57. The number of para-hydroxylation sites is 1. The summed E-state index contributed by atoms with van der Waals surface area (Å²) in [5, 5.41) is 1.48. The molecule has 1 aromatic carbocycles. The minimum Gasteiger partial charge on any atom is -0.376 e. The van der Waals surface area contributed by atoms with Crippen molar-refractivity contribution in [1.29, 1.82) is 0 Å². The van der Waals surface area contributed by atoms with Crippen LogP contribution >= 0.6 is 0 Å². The van der Waals surface area contributed by atoms with Gasteiger partial charge in [0, 0.05) is 18.5 Å². The molecule has 26 heavy (non-hydrogen) atoms. The molecule has 4 fully saturated rings. The molecule has 4 aliphatic heterocycles. The Morgan fingerprint density at radius 2 is 2.15 bits per heavy atom. The summed E-state index contributed by atoms with van der Waals surface area (Å²) in [4.78, 5) is 21.6. The van der Waals surface area contributed by atoms with E-state index in [9.17, 15) is 4.79 Å². The number of hydroxylamine groups is 1. The lowest BCUT2D eigenvalue weighted by Crippen LogP contribution is -2.50. The van der Waals surface area contributed by atoms with Gasteiger partial charge in [-0.2, -0.15) is 5.06 Å². The number of carbonyl (C=O) groups excluding carboxylic acids is 1. The van der Waals surface area contributed by atoms with Crippen molar-refractivity contribution in [3.8, 4) is 0 Å². The molecule has 5 nitrogen and oxygen atoms in total. The topological polar surface area (TPSA) is 42.0 Å². The van der Waals surface area contributed by atoms with E-state index in [-0.39, 0.29) is 12.0 Å². The largest absolute Gasteiger partial charge is 0.376 e. The van der Waals surface area contributed by atoms with E-state index in [1.54, 1.807) is 7.11 Å². The number of rotatable bonds is 1. The summed E-state index contributed by atoms with van der Waals surface area (Å²) >= 11 is 0. The van der Waals surface area contributed by atoms with Crippen LogP contribution in [0.1, 0.15) is 25.3 Å². The number of piperidine rings is 1. The van der Waals surface area contributed by atoms with Crippen LogP contribution in [0.4, 0.5) is 5.69 Å². The van der Waals surface area contributed by atoms with Crippen LogP contribution in [0.3, 0.4) is 0 Å². The van der Waals surface area contributed by atoms with Crippen molar-refractivity contribution >= 4 is 11.6 Å². The second-order valence-electron chi connectivity index (χ2n) is 8.15. The summed E-state index contributed by atoms with van der Waals surface area (Å²) in [6.07, 6.45) is 3.91. The molecule has 3 saturated heterocycles.